The number of ether oxygens (including phenoxy) is 2. The minimum Gasteiger partial charge on any atom is -0.449 e. The standard InChI is InChI=1S/C48H30N2O2/c1-4-14-31(15-5-1)33-26-34(32-16-6-2-7-17-32)28-36(27-33)50-41-21-11-10-20-37(41)38-24-25-39-40-29-45-46(52-44-23-13-12-22-43(44)51-45)30-42(40)49(48(39)47(38)50)35-18-8-3-9-19-35/h1-30H. The second kappa shape index (κ2) is 11.2. The highest BCUT2D eigenvalue weighted by Gasteiger charge is 2.25. The molecule has 4 nitrogen and oxygen atoms in total. The molecule has 1 aliphatic rings. The molecular formula is C48H30N2O2. The monoisotopic (exact) mass is 666 g/mol. The first-order chi connectivity index (χ1) is 25.8. The predicted molar refractivity (Wildman–Crippen MR) is 213 cm³/mol. The van der Waals surface area contributed by atoms with Gasteiger partial charge in [0.05, 0.1) is 22.1 Å². The van der Waals surface area contributed by atoms with E-state index in [9.17, 15) is 0 Å². The molecule has 3 heterocycles. The van der Waals surface area contributed by atoms with Crippen LogP contribution in [0.5, 0.6) is 23.0 Å². The normalized spacial score (nSPS) is 12.2. The van der Waals surface area contributed by atoms with E-state index in [4.69, 9.17) is 9.47 Å². The Morgan fingerprint density at radius 2 is 0.788 bits per heavy atom. The predicted octanol–water partition coefficient (Wildman–Crippen LogP) is 13.1. The van der Waals surface area contributed by atoms with Crippen LogP contribution in [0.2, 0.25) is 0 Å². The first-order valence-electron chi connectivity index (χ1n) is 17.6. The Hall–Kier alpha value is -7.04. The Morgan fingerprint density at radius 3 is 1.42 bits per heavy atom. The molecule has 4 heteroatoms. The van der Waals surface area contributed by atoms with Gasteiger partial charge in [0.1, 0.15) is 0 Å². The molecule has 1 aliphatic heterocycles. The summed E-state index contributed by atoms with van der Waals surface area (Å²) < 4.78 is 17.8. The lowest BCUT2D eigenvalue weighted by Crippen LogP contribution is -2.00. The zero-order valence-electron chi connectivity index (χ0n) is 28.0. The van der Waals surface area contributed by atoms with Gasteiger partial charge in [-0.2, -0.15) is 0 Å². The minimum absolute atomic E-state index is 0.700. The van der Waals surface area contributed by atoms with E-state index in [0.29, 0.717) is 17.2 Å². The lowest BCUT2D eigenvalue weighted by molar-refractivity contribution is 0.360. The second-order valence-corrected chi connectivity index (χ2v) is 13.3. The van der Waals surface area contributed by atoms with Gasteiger partial charge in [0, 0.05) is 39.0 Å². The van der Waals surface area contributed by atoms with Crippen LogP contribution in [0.25, 0.3) is 77.2 Å². The third kappa shape index (κ3) is 4.34. The number of para-hydroxylation sites is 4. The molecule has 0 bridgehead atoms. The zero-order valence-corrected chi connectivity index (χ0v) is 28.0. The molecule has 0 spiro atoms. The Morgan fingerprint density at radius 1 is 0.288 bits per heavy atom. The van der Waals surface area contributed by atoms with Crippen LogP contribution < -0.4 is 9.47 Å². The minimum atomic E-state index is 0.700. The van der Waals surface area contributed by atoms with Crippen molar-refractivity contribution in [2.24, 2.45) is 0 Å². The zero-order chi connectivity index (χ0) is 34.2. The number of fused-ring (bicyclic) bond motifs is 9. The molecule has 0 fully saturated rings. The van der Waals surface area contributed by atoms with Crippen molar-refractivity contribution >= 4 is 43.6 Å². The largest absolute Gasteiger partial charge is 0.449 e. The van der Waals surface area contributed by atoms with E-state index in [1.807, 2.05) is 24.3 Å². The van der Waals surface area contributed by atoms with Gasteiger partial charge >= 0.3 is 0 Å². The third-order valence-electron chi connectivity index (χ3n) is 10.3. The average Bonchev–Trinajstić information content (AvgIpc) is 3.72. The van der Waals surface area contributed by atoms with Gasteiger partial charge in [-0.05, 0) is 76.9 Å². The van der Waals surface area contributed by atoms with E-state index in [0.717, 1.165) is 50.0 Å². The summed E-state index contributed by atoms with van der Waals surface area (Å²) in [6.45, 7) is 0. The lowest BCUT2D eigenvalue weighted by atomic mass is 9.98. The molecule has 0 amide bonds. The number of aromatic nitrogens is 2. The molecule has 244 valence electrons. The average molecular weight is 667 g/mol. The van der Waals surface area contributed by atoms with Crippen molar-refractivity contribution in [1.29, 1.82) is 0 Å². The van der Waals surface area contributed by atoms with Crippen molar-refractivity contribution in [3.8, 4) is 56.6 Å². The fraction of sp³-hybridized carbons (Fsp3) is 0. The fourth-order valence-electron chi connectivity index (χ4n) is 8.02. The Balaban J connectivity index is 1.29. The maximum absolute atomic E-state index is 6.47. The van der Waals surface area contributed by atoms with Crippen LogP contribution in [0.1, 0.15) is 0 Å². The summed E-state index contributed by atoms with van der Waals surface area (Å²) in [7, 11) is 0. The summed E-state index contributed by atoms with van der Waals surface area (Å²) in [6.07, 6.45) is 0. The molecule has 0 saturated carbocycles. The third-order valence-corrected chi connectivity index (χ3v) is 10.3. The van der Waals surface area contributed by atoms with Gasteiger partial charge in [-0.3, -0.25) is 0 Å². The van der Waals surface area contributed by atoms with Crippen molar-refractivity contribution in [2.45, 2.75) is 0 Å². The van der Waals surface area contributed by atoms with E-state index < -0.39 is 0 Å². The van der Waals surface area contributed by atoms with Crippen molar-refractivity contribution in [2.75, 3.05) is 0 Å². The summed E-state index contributed by atoms with van der Waals surface area (Å²) in [5.74, 6) is 2.84. The molecule has 11 rings (SSSR count). The molecular weight excluding hydrogens is 637 g/mol. The van der Waals surface area contributed by atoms with Crippen LogP contribution in [-0.2, 0) is 0 Å². The summed E-state index contributed by atoms with van der Waals surface area (Å²) in [4.78, 5) is 0. The van der Waals surface area contributed by atoms with Crippen molar-refractivity contribution in [3.63, 3.8) is 0 Å². The van der Waals surface area contributed by atoms with Crippen molar-refractivity contribution < 1.29 is 9.47 Å². The smallest absolute Gasteiger partial charge is 0.172 e. The van der Waals surface area contributed by atoms with Crippen molar-refractivity contribution in [1.82, 2.24) is 9.13 Å². The second-order valence-electron chi connectivity index (χ2n) is 13.3. The van der Waals surface area contributed by atoms with Crippen LogP contribution >= 0.6 is 0 Å². The SMILES string of the molecule is c1ccc(-c2cc(-c3ccccc3)cc(-n3c4ccccc4c4ccc5c6cc7c(cc6n(-c6ccccc6)c5c43)Oc3ccccc3O7)c2)cc1. The Labute approximate surface area is 300 Å². The number of hydrogen-bond donors (Lipinski definition) is 0. The highest BCUT2D eigenvalue weighted by atomic mass is 16.6. The van der Waals surface area contributed by atoms with Crippen LogP contribution in [0.3, 0.4) is 0 Å². The number of benzene rings is 8. The van der Waals surface area contributed by atoms with Crippen LogP contribution in [0.15, 0.2) is 182 Å². The van der Waals surface area contributed by atoms with Gasteiger partial charge in [-0.1, -0.05) is 121 Å². The maximum Gasteiger partial charge on any atom is 0.172 e. The van der Waals surface area contributed by atoms with E-state index in [-0.39, 0.29) is 0 Å². The van der Waals surface area contributed by atoms with E-state index in [1.165, 1.54) is 33.0 Å². The van der Waals surface area contributed by atoms with Gasteiger partial charge in [-0.25, -0.2) is 0 Å². The van der Waals surface area contributed by atoms with Gasteiger partial charge in [0.2, 0.25) is 0 Å². The van der Waals surface area contributed by atoms with E-state index in [2.05, 4.69) is 167 Å². The van der Waals surface area contributed by atoms with Gasteiger partial charge < -0.3 is 18.6 Å². The Bertz CT molecular complexity index is 2940. The van der Waals surface area contributed by atoms with Gasteiger partial charge in [0.15, 0.2) is 23.0 Å². The van der Waals surface area contributed by atoms with Gasteiger partial charge in [0.25, 0.3) is 0 Å². The molecule has 52 heavy (non-hydrogen) atoms. The molecule has 10 aromatic rings. The highest BCUT2D eigenvalue weighted by molar-refractivity contribution is 6.24. The topological polar surface area (TPSA) is 28.3 Å². The first-order valence-corrected chi connectivity index (χ1v) is 17.6. The van der Waals surface area contributed by atoms with Crippen LogP contribution in [0, 0.1) is 0 Å². The maximum atomic E-state index is 6.47. The quantitative estimate of drug-likeness (QED) is 0.187. The summed E-state index contributed by atoms with van der Waals surface area (Å²) in [6, 6.07) is 64.4. The highest BCUT2D eigenvalue weighted by Crippen LogP contribution is 2.50. The molecule has 2 aromatic heterocycles. The summed E-state index contributed by atoms with van der Waals surface area (Å²) >= 11 is 0. The van der Waals surface area contributed by atoms with E-state index >= 15 is 0 Å². The molecule has 0 atom stereocenters. The Kier molecular flexibility index (Phi) is 6.22. The lowest BCUT2D eigenvalue weighted by Gasteiger charge is -2.20. The molecule has 0 aliphatic carbocycles. The fourth-order valence-corrected chi connectivity index (χ4v) is 8.02. The molecule has 0 unspecified atom stereocenters. The number of hydrogen-bond acceptors (Lipinski definition) is 2. The molecule has 8 aromatic carbocycles. The number of rotatable bonds is 4. The number of nitrogens with zero attached hydrogens (tertiary/aromatic N) is 2. The van der Waals surface area contributed by atoms with E-state index in [1.54, 1.807) is 0 Å². The summed E-state index contributed by atoms with van der Waals surface area (Å²) in [5, 5.41) is 4.64. The molecule has 0 N–H and O–H groups in total. The van der Waals surface area contributed by atoms with Crippen LogP contribution in [-0.4, -0.2) is 9.13 Å². The molecule has 0 radical (unpaired) electrons. The molecule has 0 saturated heterocycles. The van der Waals surface area contributed by atoms with Gasteiger partial charge in [-0.15, -0.1) is 0 Å². The summed E-state index contributed by atoms with van der Waals surface area (Å²) in [5.41, 5.74) is 11.3. The van der Waals surface area contributed by atoms with Crippen molar-refractivity contribution in [3.05, 3.63) is 182 Å². The van der Waals surface area contributed by atoms with Crippen LogP contribution in [0.4, 0.5) is 0 Å². The first kappa shape index (κ1) is 28.8.